The number of phenolic OH excluding ortho intramolecular Hbond substituents is 1. The summed E-state index contributed by atoms with van der Waals surface area (Å²) in [5, 5.41) is 26.5. The van der Waals surface area contributed by atoms with Crippen molar-refractivity contribution in [3.63, 3.8) is 0 Å². The summed E-state index contributed by atoms with van der Waals surface area (Å²) in [4.78, 5) is 10.5. The van der Waals surface area contributed by atoms with Gasteiger partial charge in [-0.05, 0) is 12.1 Å². The highest BCUT2D eigenvalue weighted by molar-refractivity contribution is 5.75. The highest BCUT2D eigenvalue weighted by Crippen LogP contribution is 2.43. The van der Waals surface area contributed by atoms with Crippen molar-refractivity contribution in [3.05, 3.63) is 28.8 Å². The average Bonchev–Trinajstić information content (AvgIpc) is 2.23. The average molecular weight is 304 g/mol. The van der Waals surface area contributed by atoms with Gasteiger partial charge in [-0.3, -0.25) is 0 Å². The Morgan fingerprint density at radius 2 is 1.45 bits per heavy atom. The molecule has 0 saturated carbocycles. The first-order valence-electron chi connectivity index (χ1n) is 4.78. The predicted molar refractivity (Wildman–Crippen MR) is 50.7 cm³/mol. The molecule has 20 heavy (non-hydrogen) atoms. The van der Waals surface area contributed by atoms with Gasteiger partial charge in [0, 0.05) is 5.56 Å². The minimum Gasteiger partial charge on any atom is -0.507 e. The number of hydrogen-bond donors (Lipinski definition) is 3. The van der Waals surface area contributed by atoms with Gasteiger partial charge in [0.05, 0.1) is 11.1 Å². The van der Waals surface area contributed by atoms with Crippen molar-refractivity contribution in [1.29, 1.82) is 0 Å². The summed E-state index contributed by atoms with van der Waals surface area (Å²) in [6.45, 7) is 0. The molecule has 0 fully saturated rings. The molecule has 0 spiro atoms. The maximum Gasteiger partial charge on any atom is 0.419 e. The van der Waals surface area contributed by atoms with E-state index in [-0.39, 0.29) is 6.07 Å². The van der Waals surface area contributed by atoms with Gasteiger partial charge in [-0.25, -0.2) is 4.79 Å². The third-order valence-corrected chi connectivity index (χ3v) is 2.31. The van der Waals surface area contributed by atoms with Crippen LogP contribution in [0.15, 0.2) is 12.1 Å². The number of benzene rings is 1. The van der Waals surface area contributed by atoms with Gasteiger partial charge < -0.3 is 15.3 Å². The van der Waals surface area contributed by atoms with E-state index in [4.69, 9.17) is 15.3 Å². The minimum atomic E-state index is -5.33. The van der Waals surface area contributed by atoms with E-state index < -0.39 is 52.9 Å². The van der Waals surface area contributed by atoms with Crippen LogP contribution >= 0.6 is 0 Å². The summed E-state index contributed by atoms with van der Waals surface area (Å²) >= 11 is 0. The van der Waals surface area contributed by atoms with E-state index in [0.717, 1.165) is 0 Å². The molecule has 1 atom stereocenters. The molecule has 0 bridgehead atoms. The van der Waals surface area contributed by atoms with Crippen LogP contribution in [0.1, 0.15) is 22.8 Å². The van der Waals surface area contributed by atoms with E-state index in [1.807, 2.05) is 0 Å². The Balaban J connectivity index is 3.62. The molecule has 3 N–H and O–H groups in total. The molecule has 0 heterocycles. The lowest BCUT2D eigenvalue weighted by Gasteiger charge is -2.18. The SMILES string of the molecule is O=C(O)C(O)c1cc(O)c(C(F)(F)F)cc1C(F)(F)F. The second kappa shape index (κ2) is 4.85. The van der Waals surface area contributed by atoms with E-state index in [2.05, 4.69) is 0 Å². The van der Waals surface area contributed by atoms with Crippen LogP contribution in [0.3, 0.4) is 0 Å². The second-order valence-electron chi connectivity index (χ2n) is 3.69. The summed E-state index contributed by atoms with van der Waals surface area (Å²) in [7, 11) is 0. The van der Waals surface area contributed by atoms with E-state index in [1.54, 1.807) is 0 Å². The third kappa shape index (κ3) is 3.13. The van der Waals surface area contributed by atoms with Crippen LogP contribution in [0.4, 0.5) is 26.3 Å². The number of aliphatic hydroxyl groups excluding tert-OH is 1. The molecule has 112 valence electrons. The number of aromatic hydroxyl groups is 1. The van der Waals surface area contributed by atoms with Crippen molar-refractivity contribution in [3.8, 4) is 5.75 Å². The Labute approximate surface area is 106 Å². The summed E-state index contributed by atoms with van der Waals surface area (Å²) in [5.74, 6) is -3.71. The topological polar surface area (TPSA) is 77.8 Å². The van der Waals surface area contributed by atoms with Gasteiger partial charge in [-0.15, -0.1) is 0 Å². The fourth-order valence-corrected chi connectivity index (χ4v) is 1.44. The van der Waals surface area contributed by atoms with E-state index >= 15 is 0 Å². The molecular formula is C10H6F6O4. The molecule has 0 aliphatic rings. The highest BCUT2D eigenvalue weighted by Gasteiger charge is 2.42. The van der Waals surface area contributed by atoms with Crippen LogP contribution in [0.25, 0.3) is 0 Å². The Morgan fingerprint density at radius 1 is 1.00 bits per heavy atom. The first-order valence-corrected chi connectivity index (χ1v) is 4.78. The van der Waals surface area contributed by atoms with Gasteiger partial charge >= 0.3 is 18.3 Å². The first kappa shape index (κ1) is 16.1. The normalized spacial score (nSPS) is 14.2. The van der Waals surface area contributed by atoms with Gasteiger partial charge in [-0.1, -0.05) is 0 Å². The fourth-order valence-electron chi connectivity index (χ4n) is 1.44. The maximum atomic E-state index is 12.6. The van der Waals surface area contributed by atoms with Crippen LogP contribution in [0, 0.1) is 0 Å². The Hall–Kier alpha value is -1.97. The van der Waals surface area contributed by atoms with Gasteiger partial charge in [0.15, 0.2) is 6.10 Å². The van der Waals surface area contributed by atoms with Gasteiger partial charge in [0.2, 0.25) is 0 Å². The van der Waals surface area contributed by atoms with Crippen LogP contribution in [0.5, 0.6) is 5.75 Å². The molecule has 0 aliphatic heterocycles. The summed E-state index contributed by atoms with van der Waals surface area (Å²) in [5.41, 5.74) is -5.35. The molecule has 0 saturated heterocycles. The molecular weight excluding hydrogens is 298 g/mol. The van der Waals surface area contributed by atoms with Crippen molar-refractivity contribution < 1.29 is 46.5 Å². The number of halogens is 6. The zero-order valence-corrected chi connectivity index (χ0v) is 9.25. The number of alkyl halides is 6. The Morgan fingerprint density at radius 3 is 1.80 bits per heavy atom. The number of rotatable bonds is 2. The van der Waals surface area contributed by atoms with Crippen molar-refractivity contribution >= 4 is 5.97 Å². The van der Waals surface area contributed by atoms with E-state index in [0.29, 0.717) is 0 Å². The Bertz CT molecular complexity index is 534. The number of carbonyl (C=O) groups is 1. The lowest BCUT2D eigenvalue weighted by Crippen LogP contribution is -2.19. The first-order chi connectivity index (χ1) is 8.85. The molecule has 0 amide bonds. The quantitative estimate of drug-likeness (QED) is 0.734. The van der Waals surface area contributed by atoms with Crippen LogP contribution in [0.2, 0.25) is 0 Å². The highest BCUT2D eigenvalue weighted by atomic mass is 19.4. The lowest BCUT2D eigenvalue weighted by atomic mass is 9.98. The maximum absolute atomic E-state index is 12.6. The molecule has 0 radical (unpaired) electrons. The zero-order chi connectivity index (χ0) is 15.9. The summed E-state index contributed by atoms with van der Waals surface area (Å²) in [6.07, 6.45) is -13.3. The minimum absolute atomic E-state index is 0.0650. The number of hydrogen-bond acceptors (Lipinski definition) is 3. The molecule has 4 nitrogen and oxygen atoms in total. The molecule has 1 unspecified atom stereocenters. The standard InChI is InChI=1S/C10H6F6O4/c11-9(12,13)4-2-5(10(14,15)16)6(17)1-3(4)7(18)8(19)20/h1-2,7,17-18H,(H,19,20). The van der Waals surface area contributed by atoms with Crippen molar-refractivity contribution in [2.45, 2.75) is 18.5 Å². The number of aliphatic hydroxyl groups is 1. The lowest BCUT2D eigenvalue weighted by molar-refractivity contribution is -0.149. The van der Waals surface area contributed by atoms with Crippen molar-refractivity contribution in [2.75, 3.05) is 0 Å². The van der Waals surface area contributed by atoms with E-state index in [9.17, 15) is 31.1 Å². The molecule has 0 aromatic heterocycles. The zero-order valence-electron chi connectivity index (χ0n) is 9.25. The monoisotopic (exact) mass is 304 g/mol. The van der Waals surface area contributed by atoms with Crippen LogP contribution in [-0.2, 0) is 17.1 Å². The van der Waals surface area contributed by atoms with Crippen molar-refractivity contribution in [2.24, 2.45) is 0 Å². The van der Waals surface area contributed by atoms with Gasteiger partial charge in [-0.2, -0.15) is 26.3 Å². The van der Waals surface area contributed by atoms with Gasteiger partial charge in [0.25, 0.3) is 0 Å². The summed E-state index contributed by atoms with van der Waals surface area (Å²) < 4.78 is 75.1. The predicted octanol–water partition coefficient (Wildman–Crippen LogP) is 2.55. The van der Waals surface area contributed by atoms with Crippen LogP contribution in [-0.4, -0.2) is 21.3 Å². The van der Waals surface area contributed by atoms with Gasteiger partial charge in [0.1, 0.15) is 5.75 Å². The molecule has 1 aromatic rings. The molecule has 1 rings (SSSR count). The number of carboxylic acid groups (broad SMARTS) is 1. The number of carboxylic acids is 1. The Kier molecular flexibility index (Phi) is 3.90. The molecule has 0 aliphatic carbocycles. The molecule has 1 aromatic carbocycles. The number of aliphatic carboxylic acids is 1. The smallest absolute Gasteiger partial charge is 0.419 e. The van der Waals surface area contributed by atoms with E-state index in [1.165, 1.54) is 0 Å². The van der Waals surface area contributed by atoms with Crippen molar-refractivity contribution in [1.82, 2.24) is 0 Å². The summed E-state index contributed by atoms with van der Waals surface area (Å²) in [6, 6.07) is -0.513. The second-order valence-corrected chi connectivity index (χ2v) is 3.69. The molecule has 10 heteroatoms. The van der Waals surface area contributed by atoms with Crippen LogP contribution < -0.4 is 0 Å². The largest absolute Gasteiger partial charge is 0.507 e. The third-order valence-electron chi connectivity index (χ3n) is 2.31. The fraction of sp³-hybridized carbons (Fsp3) is 0.300. The number of phenols is 1.